The van der Waals surface area contributed by atoms with Gasteiger partial charge in [0.15, 0.2) is 5.16 Å². The largest absolute Gasteiger partial charge is 0.354 e. The Morgan fingerprint density at radius 3 is 2.63 bits per heavy atom. The average Bonchev–Trinajstić information content (AvgIpc) is 3.61. The molecule has 0 bridgehead atoms. The second-order valence-electron chi connectivity index (χ2n) is 8.01. The SMILES string of the molecule is CCc1cc(N2CCN(CC)CC2)nc(SCc2cccc(C(=O)NC3CC3)c2)n1. The second-order valence-corrected chi connectivity index (χ2v) is 8.95. The summed E-state index contributed by atoms with van der Waals surface area (Å²) in [6, 6.07) is 10.4. The first-order valence-electron chi connectivity index (χ1n) is 11.0. The van der Waals surface area contributed by atoms with Crippen molar-refractivity contribution in [2.24, 2.45) is 0 Å². The highest BCUT2D eigenvalue weighted by Crippen LogP contribution is 2.25. The fourth-order valence-electron chi connectivity index (χ4n) is 3.61. The molecule has 160 valence electrons. The van der Waals surface area contributed by atoms with Gasteiger partial charge >= 0.3 is 0 Å². The zero-order valence-electron chi connectivity index (χ0n) is 17.9. The number of aromatic nitrogens is 2. The van der Waals surface area contributed by atoms with Crippen LogP contribution in [0, 0.1) is 0 Å². The lowest BCUT2D eigenvalue weighted by Crippen LogP contribution is -2.46. The predicted molar refractivity (Wildman–Crippen MR) is 122 cm³/mol. The Bertz CT molecular complexity index is 878. The van der Waals surface area contributed by atoms with Gasteiger partial charge in [-0.15, -0.1) is 0 Å². The quantitative estimate of drug-likeness (QED) is 0.517. The van der Waals surface area contributed by atoms with Crippen molar-refractivity contribution >= 4 is 23.5 Å². The van der Waals surface area contributed by atoms with E-state index in [1.807, 2.05) is 18.2 Å². The summed E-state index contributed by atoms with van der Waals surface area (Å²) < 4.78 is 0. The summed E-state index contributed by atoms with van der Waals surface area (Å²) in [6.07, 6.45) is 3.10. The molecule has 1 aliphatic heterocycles. The summed E-state index contributed by atoms with van der Waals surface area (Å²) in [5.41, 5.74) is 2.93. The van der Waals surface area contributed by atoms with Crippen LogP contribution in [-0.2, 0) is 12.2 Å². The molecule has 4 rings (SSSR count). The molecule has 7 heteroatoms. The Hall–Kier alpha value is -2.12. The van der Waals surface area contributed by atoms with E-state index in [1.54, 1.807) is 11.8 Å². The van der Waals surface area contributed by atoms with Gasteiger partial charge in [0, 0.05) is 55.3 Å². The summed E-state index contributed by atoms with van der Waals surface area (Å²) in [7, 11) is 0. The van der Waals surface area contributed by atoms with E-state index >= 15 is 0 Å². The van der Waals surface area contributed by atoms with E-state index in [0.29, 0.717) is 6.04 Å². The molecule has 2 aromatic rings. The number of nitrogens with zero attached hydrogens (tertiary/aromatic N) is 4. The van der Waals surface area contributed by atoms with Gasteiger partial charge in [0.05, 0.1) is 0 Å². The first kappa shape index (κ1) is 21.1. The minimum atomic E-state index is 0.0297. The molecule has 1 aromatic carbocycles. The molecule has 30 heavy (non-hydrogen) atoms. The van der Waals surface area contributed by atoms with Gasteiger partial charge in [-0.05, 0) is 43.5 Å². The Balaban J connectivity index is 1.42. The third-order valence-corrected chi connectivity index (χ3v) is 6.64. The van der Waals surface area contributed by atoms with Gasteiger partial charge < -0.3 is 15.1 Å². The smallest absolute Gasteiger partial charge is 0.251 e. The molecule has 2 fully saturated rings. The first-order chi connectivity index (χ1) is 14.6. The molecular weight excluding hydrogens is 394 g/mol. The van der Waals surface area contributed by atoms with Crippen molar-refractivity contribution in [3.05, 3.63) is 47.2 Å². The van der Waals surface area contributed by atoms with Crippen molar-refractivity contribution in [3.8, 4) is 0 Å². The van der Waals surface area contributed by atoms with Crippen LogP contribution >= 0.6 is 11.8 Å². The predicted octanol–water partition coefficient (Wildman–Crippen LogP) is 3.37. The lowest BCUT2D eigenvalue weighted by molar-refractivity contribution is 0.0951. The van der Waals surface area contributed by atoms with Crippen LogP contribution in [0.3, 0.4) is 0 Å². The van der Waals surface area contributed by atoms with E-state index in [2.05, 4.69) is 41.1 Å². The lowest BCUT2D eigenvalue weighted by atomic mass is 10.1. The number of hydrogen-bond donors (Lipinski definition) is 1. The summed E-state index contributed by atoms with van der Waals surface area (Å²) in [5.74, 6) is 1.82. The first-order valence-corrected chi connectivity index (χ1v) is 12.0. The monoisotopic (exact) mass is 425 g/mol. The van der Waals surface area contributed by atoms with Gasteiger partial charge in [0.1, 0.15) is 5.82 Å². The highest BCUT2D eigenvalue weighted by atomic mass is 32.2. The van der Waals surface area contributed by atoms with Gasteiger partial charge in [-0.25, -0.2) is 9.97 Å². The Morgan fingerprint density at radius 2 is 1.93 bits per heavy atom. The number of rotatable bonds is 8. The van der Waals surface area contributed by atoms with Gasteiger partial charge in [0.25, 0.3) is 5.91 Å². The molecule has 1 saturated carbocycles. The number of carbonyl (C=O) groups excluding carboxylic acids is 1. The normalized spacial score (nSPS) is 17.2. The van der Waals surface area contributed by atoms with Crippen LogP contribution < -0.4 is 10.2 Å². The summed E-state index contributed by atoms with van der Waals surface area (Å²) >= 11 is 1.64. The Morgan fingerprint density at radius 1 is 1.13 bits per heavy atom. The number of benzene rings is 1. The third kappa shape index (κ3) is 5.52. The number of hydrogen-bond acceptors (Lipinski definition) is 6. The molecule has 1 saturated heterocycles. The van der Waals surface area contributed by atoms with Crippen LogP contribution in [0.4, 0.5) is 5.82 Å². The number of thioether (sulfide) groups is 1. The topological polar surface area (TPSA) is 61.4 Å². The maximum Gasteiger partial charge on any atom is 0.251 e. The van der Waals surface area contributed by atoms with Crippen LogP contribution in [0.15, 0.2) is 35.5 Å². The zero-order valence-corrected chi connectivity index (χ0v) is 18.7. The van der Waals surface area contributed by atoms with Crippen LogP contribution in [0.2, 0.25) is 0 Å². The molecule has 0 unspecified atom stereocenters. The van der Waals surface area contributed by atoms with Crippen molar-refractivity contribution in [2.75, 3.05) is 37.6 Å². The maximum absolute atomic E-state index is 12.3. The van der Waals surface area contributed by atoms with E-state index in [9.17, 15) is 4.79 Å². The fourth-order valence-corrected chi connectivity index (χ4v) is 4.42. The van der Waals surface area contributed by atoms with Crippen LogP contribution in [0.5, 0.6) is 0 Å². The van der Waals surface area contributed by atoms with Gasteiger partial charge in [-0.2, -0.15) is 0 Å². The summed E-state index contributed by atoms with van der Waals surface area (Å²) in [4.78, 5) is 26.8. The molecule has 1 N–H and O–H groups in total. The van der Waals surface area contributed by atoms with Crippen LogP contribution in [0.25, 0.3) is 0 Å². The average molecular weight is 426 g/mol. The molecule has 6 nitrogen and oxygen atoms in total. The van der Waals surface area contributed by atoms with Gasteiger partial charge in [-0.3, -0.25) is 4.79 Å². The Labute approximate surface area is 183 Å². The van der Waals surface area contributed by atoms with E-state index in [0.717, 1.165) is 85.5 Å². The number of nitrogens with one attached hydrogen (secondary N) is 1. The van der Waals surface area contributed by atoms with E-state index in [1.165, 1.54) is 0 Å². The molecule has 0 atom stereocenters. The standard InChI is InChI=1S/C23H31N5OS/c1-3-19-15-21(28-12-10-27(4-2)11-13-28)26-23(25-19)30-16-17-6-5-7-18(14-17)22(29)24-20-8-9-20/h5-7,14-15,20H,3-4,8-13,16H2,1-2H3,(H,24,29). The number of piperazine rings is 1. The Kier molecular flexibility index (Phi) is 6.89. The van der Waals surface area contributed by atoms with Crippen molar-refractivity contribution in [1.29, 1.82) is 0 Å². The lowest BCUT2D eigenvalue weighted by Gasteiger charge is -2.34. The molecule has 1 aromatic heterocycles. The minimum Gasteiger partial charge on any atom is -0.354 e. The van der Waals surface area contributed by atoms with E-state index in [4.69, 9.17) is 9.97 Å². The van der Waals surface area contributed by atoms with E-state index < -0.39 is 0 Å². The van der Waals surface area contributed by atoms with Crippen LogP contribution in [-0.4, -0.2) is 59.5 Å². The maximum atomic E-state index is 12.3. The minimum absolute atomic E-state index is 0.0297. The van der Waals surface area contributed by atoms with Crippen molar-refractivity contribution in [1.82, 2.24) is 20.2 Å². The van der Waals surface area contributed by atoms with E-state index in [-0.39, 0.29) is 5.91 Å². The molecule has 1 aliphatic carbocycles. The number of amides is 1. The molecule has 2 aliphatic rings. The van der Waals surface area contributed by atoms with Gasteiger partial charge in [-0.1, -0.05) is 37.7 Å². The van der Waals surface area contributed by atoms with Crippen molar-refractivity contribution in [2.45, 2.75) is 50.1 Å². The third-order valence-electron chi connectivity index (χ3n) is 5.72. The highest BCUT2D eigenvalue weighted by molar-refractivity contribution is 7.98. The fraction of sp³-hybridized carbons (Fsp3) is 0.522. The van der Waals surface area contributed by atoms with Crippen LogP contribution in [0.1, 0.15) is 48.3 Å². The van der Waals surface area contributed by atoms with Crippen molar-refractivity contribution < 1.29 is 4.79 Å². The number of carbonyl (C=O) groups is 1. The molecule has 2 heterocycles. The second kappa shape index (κ2) is 9.79. The number of anilines is 1. The number of likely N-dealkylation sites (N-methyl/N-ethyl adjacent to an activating group) is 1. The highest BCUT2D eigenvalue weighted by Gasteiger charge is 2.24. The van der Waals surface area contributed by atoms with Gasteiger partial charge in [0.2, 0.25) is 0 Å². The van der Waals surface area contributed by atoms with Crippen molar-refractivity contribution in [3.63, 3.8) is 0 Å². The number of aryl methyl sites for hydroxylation is 1. The summed E-state index contributed by atoms with van der Waals surface area (Å²) in [6.45, 7) is 9.65. The zero-order chi connectivity index (χ0) is 20.9. The summed E-state index contributed by atoms with van der Waals surface area (Å²) in [5, 5.41) is 3.87. The molecule has 0 spiro atoms. The molecule has 1 amide bonds. The molecular formula is C23H31N5OS. The molecule has 0 radical (unpaired) electrons.